The van der Waals surface area contributed by atoms with Crippen molar-refractivity contribution in [1.82, 2.24) is 5.32 Å². The van der Waals surface area contributed by atoms with Crippen molar-refractivity contribution in [1.29, 1.82) is 0 Å². The summed E-state index contributed by atoms with van der Waals surface area (Å²) in [5.41, 5.74) is 0. The van der Waals surface area contributed by atoms with Crippen LogP contribution in [0.1, 0.15) is 284 Å². The molecule has 1 aliphatic heterocycles. The van der Waals surface area contributed by atoms with Crippen molar-refractivity contribution in [3.05, 3.63) is 109 Å². The maximum absolute atomic E-state index is 13.5. The highest BCUT2D eigenvalue weighted by molar-refractivity contribution is 5.80. The Balaban J connectivity index is 2.64. The van der Waals surface area contributed by atoms with Crippen LogP contribution >= 0.6 is 0 Å². The molecule has 11 heteroatoms. The SMILES string of the molecule is CCCCC/C=C\C/C=C\C/C=C\C/C=C\CCCCCCCCCCCCC(O)C(=O)NC(COC1OC(CO)C(O)C(O)C1OC(=O)CCC/C=C\C/C=C\C/C=C\C/C=C\CCCCC)C(O)/C=C/CCCCCCCCCCCCC. The van der Waals surface area contributed by atoms with Gasteiger partial charge in [0, 0.05) is 6.42 Å². The lowest BCUT2D eigenvalue weighted by atomic mass is 9.99. The minimum Gasteiger partial charge on any atom is -0.454 e. The first kappa shape index (κ1) is 79.3. The summed E-state index contributed by atoms with van der Waals surface area (Å²) in [4.78, 5) is 26.6. The van der Waals surface area contributed by atoms with Gasteiger partial charge in [0.25, 0.3) is 0 Å². The Bertz CT molecular complexity index is 1800. The van der Waals surface area contributed by atoms with Crippen molar-refractivity contribution in [3.8, 4) is 0 Å². The number of aliphatic hydroxyl groups is 5. The number of hydrogen-bond acceptors (Lipinski definition) is 10. The third-order valence-corrected chi connectivity index (χ3v) is 15.6. The van der Waals surface area contributed by atoms with E-state index in [-0.39, 0.29) is 19.4 Å². The number of hydrogen-bond donors (Lipinski definition) is 6. The molecule has 0 aromatic rings. The number of unbranched alkanes of at least 4 members (excludes halogenated alkanes) is 28. The van der Waals surface area contributed by atoms with E-state index in [0.717, 1.165) is 89.9 Å². The number of rotatable bonds is 58. The smallest absolute Gasteiger partial charge is 0.306 e. The molecule has 488 valence electrons. The van der Waals surface area contributed by atoms with E-state index in [1.807, 2.05) is 12.2 Å². The Morgan fingerprint density at radius 1 is 0.459 bits per heavy atom. The highest BCUT2D eigenvalue weighted by Gasteiger charge is 2.47. The molecule has 8 unspecified atom stereocenters. The Morgan fingerprint density at radius 3 is 1.24 bits per heavy atom. The standard InChI is InChI=1S/C74H127NO10/c1-4-7-10-13-16-19-22-25-27-29-30-31-32-33-34-35-36-37-39-40-43-46-49-52-55-58-61-67(78)73(82)75-65(66(77)60-57-54-51-48-45-42-24-21-18-15-12-9-6-3)64-83-74-72(71(81)70(80)68(63-76)84-74)85-69(79)62-59-56-53-50-47-44-41-38-28-26-23-20-17-14-11-8-5-2/h16-17,19-20,25-28,30-31,33-34,41,44,50,53,57,60,65-68,70-72,74,76-78,80-81H,4-15,18,21-24,29,32,35-40,42-43,45-49,51-52,54-56,58-59,61-64H2,1-3H3,(H,75,82)/b19-16-,20-17-,27-25-,28-26-,31-30-,34-33-,44-41-,53-50-,60-57+. The van der Waals surface area contributed by atoms with Crippen molar-refractivity contribution in [3.63, 3.8) is 0 Å². The lowest BCUT2D eigenvalue weighted by Crippen LogP contribution is -2.61. The minimum absolute atomic E-state index is 0.0430. The fourth-order valence-corrected chi connectivity index (χ4v) is 10.2. The highest BCUT2D eigenvalue weighted by atomic mass is 16.7. The number of nitrogens with one attached hydrogen (secondary N) is 1. The maximum atomic E-state index is 13.5. The molecule has 1 fully saturated rings. The summed E-state index contributed by atoms with van der Waals surface area (Å²) in [6.45, 7) is 5.72. The molecular weight excluding hydrogens is 1060 g/mol. The number of carbonyl (C=O) groups excluding carboxylic acids is 2. The zero-order valence-corrected chi connectivity index (χ0v) is 54.2. The molecule has 0 aromatic heterocycles. The summed E-state index contributed by atoms with van der Waals surface area (Å²) >= 11 is 0. The minimum atomic E-state index is -1.64. The lowest BCUT2D eigenvalue weighted by molar-refractivity contribution is -0.305. The van der Waals surface area contributed by atoms with Gasteiger partial charge in [0.05, 0.1) is 25.4 Å². The molecule has 0 radical (unpaired) electrons. The monoisotopic (exact) mass is 1190 g/mol. The number of allylic oxidation sites excluding steroid dienone is 17. The zero-order valence-electron chi connectivity index (χ0n) is 54.2. The molecule has 1 amide bonds. The van der Waals surface area contributed by atoms with Crippen LogP contribution in [-0.4, -0.2) is 99.6 Å². The quantitative estimate of drug-likeness (QED) is 0.0195. The molecule has 1 saturated heterocycles. The lowest BCUT2D eigenvalue weighted by Gasteiger charge is -2.41. The van der Waals surface area contributed by atoms with Gasteiger partial charge in [0.1, 0.15) is 24.4 Å². The molecule has 0 bridgehead atoms. The van der Waals surface area contributed by atoms with E-state index in [4.69, 9.17) is 14.2 Å². The molecule has 1 aliphatic rings. The molecule has 11 nitrogen and oxygen atoms in total. The summed E-state index contributed by atoms with van der Waals surface area (Å²) in [5.74, 6) is -1.26. The van der Waals surface area contributed by atoms with Crippen molar-refractivity contribution in [2.45, 2.75) is 333 Å². The normalized spacial score (nSPS) is 19.1. The summed E-state index contributed by atoms with van der Waals surface area (Å²) < 4.78 is 17.6. The van der Waals surface area contributed by atoms with Gasteiger partial charge in [0.2, 0.25) is 5.91 Å². The largest absolute Gasteiger partial charge is 0.454 e. The molecule has 1 rings (SSSR count). The summed E-state index contributed by atoms with van der Waals surface area (Å²) in [7, 11) is 0. The molecule has 6 N–H and O–H groups in total. The highest BCUT2D eigenvalue weighted by Crippen LogP contribution is 2.26. The van der Waals surface area contributed by atoms with E-state index in [2.05, 4.69) is 117 Å². The number of aliphatic hydroxyl groups excluding tert-OH is 5. The molecule has 0 saturated carbocycles. The number of carbonyl (C=O) groups is 2. The third-order valence-electron chi connectivity index (χ3n) is 15.6. The van der Waals surface area contributed by atoms with Crippen LogP contribution in [0.2, 0.25) is 0 Å². The summed E-state index contributed by atoms with van der Waals surface area (Å²) in [5, 5.41) is 57.2. The Morgan fingerprint density at radius 2 is 0.812 bits per heavy atom. The predicted molar refractivity (Wildman–Crippen MR) is 356 cm³/mol. The molecule has 0 aliphatic carbocycles. The Hall–Kier alpha value is -3.68. The second-order valence-corrected chi connectivity index (χ2v) is 23.6. The van der Waals surface area contributed by atoms with Gasteiger partial charge in [-0.1, -0.05) is 278 Å². The van der Waals surface area contributed by atoms with Crippen molar-refractivity contribution >= 4 is 11.9 Å². The van der Waals surface area contributed by atoms with Gasteiger partial charge in [-0.05, 0) is 109 Å². The van der Waals surface area contributed by atoms with Crippen molar-refractivity contribution in [2.24, 2.45) is 0 Å². The van der Waals surface area contributed by atoms with E-state index in [9.17, 15) is 35.1 Å². The van der Waals surface area contributed by atoms with E-state index in [1.165, 1.54) is 141 Å². The summed E-state index contributed by atoms with van der Waals surface area (Å²) in [6.07, 6.45) is 72.7. The van der Waals surface area contributed by atoms with Crippen LogP contribution in [0.25, 0.3) is 0 Å². The van der Waals surface area contributed by atoms with E-state index >= 15 is 0 Å². The van der Waals surface area contributed by atoms with E-state index in [1.54, 1.807) is 6.08 Å². The molecule has 0 spiro atoms. The van der Waals surface area contributed by atoms with E-state index < -0.39 is 67.4 Å². The van der Waals surface area contributed by atoms with Gasteiger partial charge in [-0.15, -0.1) is 0 Å². The predicted octanol–water partition coefficient (Wildman–Crippen LogP) is 17.6. The zero-order chi connectivity index (χ0) is 61.7. The van der Waals surface area contributed by atoms with Crippen LogP contribution < -0.4 is 5.32 Å². The van der Waals surface area contributed by atoms with Gasteiger partial charge >= 0.3 is 5.97 Å². The van der Waals surface area contributed by atoms with Crippen LogP contribution in [0, 0.1) is 0 Å². The maximum Gasteiger partial charge on any atom is 0.306 e. The fraction of sp³-hybridized carbons (Fsp3) is 0.730. The second kappa shape index (κ2) is 60.6. The first-order chi connectivity index (χ1) is 41.7. The van der Waals surface area contributed by atoms with Gasteiger partial charge in [-0.3, -0.25) is 9.59 Å². The molecule has 8 atom stereocenters. The van der Waals surface area contributed by atoms with Crippen LogP contribution in [-0.2, 0) is 23.8 Å². The second-order valence-electron chi connectivity index (χ2n) is 23.6. The average Bonchev–Trinajstić information content (AvgIpc) is 3.22. The van der Waals surface area contributed by atoms with Gasteiger partial charge in [0.15, 0.2) is 12.4 Å². The van der Waals surface area contributed by atoms with Crippen LogP contribution in [0.4, 0.5) is 0 Å². The molecule has 85 heavy (non-hydrogen) atoms. The molecule has 1 heterocycles. The molecular formula is C74H127NO10. The van der Waals surface area contributed by atoms with E-state index in [0.29, 0.717) is 19.3 Å². The van der Waals surface area contributed by atoms with Crippen LogP contribution in [0.3, 0.4) is 0 Å². The summed E-state index contributed by atoms with van der Waals surface area (Å²) in [6, 6.07) is -1.04. The topological polar surface area (TPSA) is 175 Å². The number of esters is 1. The van der Waals surface area contributed by atoms with Crippen LogP contribution in [0.5, 0.6) is 0 Å². The van der Waals surface area contributed by atoms with Gasteiger partial charge < -0.3 is 45.1 Å². The third kappa shape index (κ3) is 48.0. The number of amides is 1. The Labute approximate surface area is 519 Å². The first-order valence-corrected chi connectivity index (χ1v) is 34.7. The Kier molecular flexibility index (Phi) is 56.6. The van der Waals surface area contributed by atoms with Gasteiger partial charge in [-0.2, -0.15) is 0 Å². The van der Waals surface area contributed by atoms with Gasteiger partial charge in [-0.25, -0.2) is 0 Å². The average molecular weight is 1190 g/mol. The number of ether oxygens (including phenoxy) is 3. The fourth-order valence-electron chi connectivity index (χ4n) is 10.2. The van der Waals surface area contributed by atoms with Crippen molar-refractivity contribution in [2.75, 3.05) is 13.2 Å². The molecule has 0 aromatic carbocycles. The first-order valence-electron chi connectivity index (χ1n) is 34.7. The van der Waals surface area contributed by atoms with Crippen molar-refractivity contribution < 1.29 is 49.3 Å². The van der Waals surface area contributed by atoms with Crippen LogP contribution in [0.15, 0.2) is 109 Å².